The highest BCUT2D eigenvalue weighted by molar-refractivity contribution is 5.96. The zero-order valence-corrected chi connectivity index (χ0v) is 28.1. The van der Waals surface area contributed by atoms with Crippen LogP contribution < -0.4 is 16.4 Å². The average molecular weight is 627 g/mol. The Morgan fingerprint density at radius 3 is 1.75 bits per heavy atom. The molecule has 44 heavy (non-hydrogen) atoms. The number of rotatable bonds is 18. The minimum absolute atomic E-state index is 0.0277. The number of nitrogens with zero attached hydrogens (tertiary/aromatic N) is 1. The lowest BCUT2D eigenvalue weighted by atomic mass is 9.86. The smallest absolute Gasteiger partial charge is 0.328 e. The van der Waals surface area contributed by atoms with Crippen molar-refractivity contribution in [3.8, 4) is 0 Å². The highest BCUT2D eigenvalue weighted by atomic mass is 16.5. The van der Waals surface area contributed by atoms with Crippen LogP contribution in [0.5, 0.6) is 0 Å². The van der Waals surface area contributed by atoms with Crippen LogP contribution in [0.4, 0.5) is 0 Å². The van der Waals surface area contributed by atoms with Crippen molar-refractivity contribution in [2.75, 3.05) is 26.9 Å². The van der Waals surface area contributed by atoms with Crippen molar-refractivity contribution in [2.45, 2.75) is 112 Å². The number of likely N-dealkylation sites (N-methyl/N-ethyl adjacent to an activating group) is 1. The Morgan fingerprint density at radius 2 is 1.30 bits per heavy atom. The monoisotopic (exact) mass is 626 g/mol. The normalized spacial score (nSPS) is 14.5. The summed E-state index contributed by atoms with van der Waals surface area (Å²) in [6, 6.07) is -3.46. The van der Waals surface area contributed by atoms with E-state index in [-0.39, 0.29) is 62.9 Å². The first-order valence-electron chi connectivity index (χ1n) is 15.2. The molecule has 4 N–H and O–H groups in total. The van der Waals surface area contributed by atoms with Crippen LogP contribution in [0.25, 0.3) is 0 Å². The minimum atomic E-state index is -1.16. The third-order valence-corrected chi connectivity index (χ3v) is 6.84. The minimum Gasteiger partial charge on any atom is -0.466 e. The number of carbonyl (C=O) groups is 6. The van der Waals surface area contributed by atoms with Crippen LogP contribution in [0, 0.1) is 11.3 Å². The van der Waals surface area contributed by atoms with E-state index in [9.17, 15) is 28.8 Å². The van der Waals surface area contributed by atoms with Gasteiger partial charge in [0.2, 0.25) is 17.7 Å². The van der Waals surface area contributed by atoms with E-state index in [1.54, 1.807) is 40.8 Å². The average Bonchev–Trinajstić information content (AvgIpc) is 2.94. The molecule has 13 heteroatoms. The molecule has 0 bridgehead atoms. The van der Waals surface area contributed by atoms with Crippen molar-refractivity contribution in [3.63, 3.8) is 0 Å². The molecule has 4 atom stereocenters. The Balaban J connectivity index is 5.69. The molecule has 0 unspecified atom stereocenters. The number of amides is 3. The maximum absolute atomic E-state index is 13.2. The van der Waals surface area contributed by atoms with E-state index >= 15 is 0 Å². The van der Waals surface area contributed by atoms with E-state index in [1.165, 1.54) is 4.90 Å². The second kappa shape index (κ2) is 19.7. The molecule has 3 amide bonds. The number of ether oxygens (including phenoxy) is 3. The first-order valence-corrected chi connectivity index (χ1v) is 15.2. The molecular weight excluding hydrogens is 572 g/mol. The van der Waals surface area contributed by atoms with Gasteiger partial charge < -0.3 is 35.5 Å². The van der Waals surface area contributed by atoms with Gasteiger partial charge in [-0.2, -0.15) is 0 Å². The molecule has 13 nitrogen and oxygen atoms in total. The van der Waals surface area contributed by atoms with Gasteiger partial charge in [0, 0.05) is 25.5 Å². The molecule has 0 aliphatic heterocycles. The highest BCUT2D eigenvalue weighted by Crippen LogP contribution is 2.22. The third-order valence-electron chi connectivity index (χ3n) is 6.84. The van der Waals surface area contributed by atoms with Crippen molar-refractivity contribution >= 4 is 35.6 Å². The van der Waals surface area contributed by atoms with Crippen molar-refractivity contribution in [2.24, 2.45) is 17.1 Å². The largest absolute Gasteiger partial charge is 0.466 e. The van der Waals surface area contributed by atoms with Crippen molar-refractivity contribution in [1.82, 2.24) is 15.5 Å². The van der Waals surface area contributed by atoms with Crippen molar-refractivity contribution in [1.29, 1.82) is 0 Å². The van der Waals surface area contributed by atoms with Gasteiger partial charge in [0.15, 0.2) is 0 Å². The maximum atomic E-state index is 13.2. The summed E-state index contributed by atoms with van der Waals surface area (Å²) >= 11 is 0. The number of hydrogen-bond donors (Lipinski definition) is 3. The van der Waals surface area contributed by atoms with E-state index in [0.29, 0.717) is 0 Å². The number of carbonyl (C=O) groups excluding carboxylic acids is 6. The van der Waals surface area contributed by atoms with Gasteiger partial charge in [-0.25, -0.2) is 9.59 Å². The van der Waals surface area contributed by atoms with Gasteiger partial charge in [0.05, 0.1) is 31.9 Å². The molecule has 0 rings (SSSR count). The molecule has 0 fully saturated rings. The summed E-state index contributed by atoms with van der Waals surface area (Å²) in [7, 11) is 1.64. The van der Waals surface area contributed by atoms with Gasteiger partial charge >= 0.3 is 17.9 Å². The van der Waals surface area contributed by atoms with Crippen LogP contribution in [0.3, 0.4) is 0 Å². The fourth-order valence-corrected chi connectivity index (χ4v) is 4.11. The van der Waals surface area contributed by atoms with Crippen LogP contribution in [0.15, 0.2) is 11.6 Å². The van der Waals surface area contributed by atoms with Gasteiger partial charge in [-0.05, 0) is 51.9 Å². The van der Waals surface area contributed by atoms with Crippen molar-refractivity contribution in [3.05, 3.63) is 11.6 Å². The van der Waals surface area contributed by atoms with Crippen LogP contribution in [0.1, 0.15) is 88.0 Å². The number of hydrogen-bond acceptors (Lipinski definition) is 10. The number of nitrogens with one attached hydrogen (secondary N) is 2. The summed E-state index contributed by atoms with van der Waals surface area (Å²) in [6.07, 6.45) is 1.16. The summed E-state index contributed by atoms with van der Waals surface area (Å²) in [5.74, 6) is -3.43. The molecule has 0 aromatic carbocycles. The predicted octanol–water partition coefficient (Wildman–Crippen LogP) is 2.01. The second-order valence-corrected chi connectivity index (χ2v) is 11.9. The van der Waals surface area contributed by atoms with Gasteiger partial charge in [0.1, 0.15) is 12.1 Å². The van der Waals surface area contributed by atoms with Crippen LogP contribution >= 0.6 is 0 Å². The fraction of sp³-hybridized carbons (Fsp3) is 0.742. The molecule has 0 saturated heterocycles. The van der Waals surface area contributed by atoms with Crippen LogP contribution in [-0.4, -0.2) is 91.6 Å². The topological polar surface area (TPSA) is 183 Å². The number of esters is 3. The molecule has 0 radical (unpaired) electrons. The fourth-order valence-electron chi connectivity index (χ4n) is 4.11. The Morgan fingerprint density at radius 1 is 0.818 bits per heavy atom. The number of nitrogens with two attached hydrogens (primary N) is 1. The first-order chi connectivity index (χ1) is 20.4. The molecule has 0 heterocycles. The predicted molar refractivity (Wildman–Crippen MR) is 165 cm³/mol. The lowest BCUT2D eigenvalue weighted by Crippen LogP contribution is -2.52. The molecule has 0 saturated carbocycles. The first kappa shape index (κ1) is 40.5. The molecule has 252 valence electrons. The Labute approximate surface area is 262 Å². The van der Waals surface area contributed by atoms with Crippen molar-refractivity contribution < 1.29 is 43.0 Å². The standard InChI is InChI=1S/C31H54N4O9/c1-11-42-25(37)17-15-21(29(40)43-12-2)33-24(36)16-14-22(30(41)44-13-3)34-27(38)20(6)18-23(19(4)5)35(10)28(39)26(32)31(7,8)9/h18-19,21-23,26H,11-17,32H2,1-10H3,(H,33,36)(H,34,38)/b20-18+/t21-,22-,23-,26-/m1/s1. The van der Waals surface area contributed by atoms with Gasteiger partial charge in [0.25, 0.3) is 0 Å². The second-order valence-electron chi connectivity index (χ2n) is 11.9. The Kier molecular flexibility index (Phi) is 18.2. The lowest BCUT2D eigenvalue weighted by Gasteiger charge is -2.35. The quantitative estimate of drug-likeness (QED) is 0.116. The Bertz CT molecular complexity index is 1020. The maximum Gasteiger partial charge on any atom is 0.328 e. The van der Waals surface area contributed by atoms with Gasteiger partial charge in [-0.1, -0.05) is 40.7 Å². The molecular formula is C31H54N4O9. The summed E-state index contributed by atoms with van der Waals surface area (Å²) < 4.78 is 15.0. The molecule has 0 aromatic rings. The van der Waals surface area contributed by atoms with Gasteiger partial charge in [-0.15, -0.1) is 0 Å². The molecule has 0 aliphatic rings. The van der Waals surface area contributed by atoms with E-state index in [4.69, 9.17) is 19.9 Å². The van der Waals surface area contributed by atoms with Crippen LogP contribution in [0.2, 0.25) is 0 Å². The lowest BCUT2D eigenvalue weighted by molar-refractivity contribution is -0.149. The van der Waals surface area contributed by atoms with E-state index in [0.717, 1.165) is 0 Å². The zero-order chi connectivity index (χ0) is 34.2. The summed E-state index contributed by atoms with van der Waals surface area (Å²) in [5.41, 5.74) is 5.99. The summed E-state index contributed by atoms with van der Waals surface area (Å²) in [4.78, 5) is 77.3. The summed E-state index contributed by atoms with van der Waals surface area (Å²) in [5, 5.41) is 5.16. The van der Waals surface area contributed by atoms with E-state index < -0.39 is 59.3 Å². The third kappa shape index (κ3) is 14.3. The van der Waals surface area contributed by atoms with Gasteiger partial charge in [-0.3, -0.25) is 19.2 Å². The summed E-state index contributed by atoms with van der Waals surface area (Å²) in [6.45, 7) is 16.2. The van der Waals surface area contributed by atoms with Crippen LogP contribution in [-0.2, 0) is 43.0 Å². The highest BCUT2D eigenvalue weighted by Gasteiger charge is 2.33. The SMILES string of the molecule is CCOC(=O)CC[C@@H](NC(=O)CC[C@@H](NC(=O)/C(C)=C/[C@H](C(C)C)N(C)C(=O)[C@@H](N)C(C)(C)C)C(=O)OCC)C(=O)OCC. The molecule has 0 spiro atoms. The molecule has 0 aromatic heterocycles. The molecule has 0 aliphatic carbocycles. The van der Waals surface area contributed by atoms with E-state index in [2.05, 4.69) is 10.6 Å². The Hall–Kier alpha value is -3.48. The van der Waals surface area contributed by atoms with E-state index in [1.807, 2.05) is 34.6 Å². The zero-order valence-electron chi connectivity index (χ0n) is 28.1.